The fraction of sp³-hybridized carbons (Fsp3) is 0.964. The molecule has 5 rings (SSSR count). The largest absolute Gasteiger partial charge is 0.480 e. The summed E-state index contributed by atoms with van der Waals surface area (Å²) in [7, 11) is -4.43. The fourth-order valence-electron chi connectivity index (χ4n) is 8.49. The van der Waals surface area contributed by atoms with E-state index in [0.29, 0.717) is 37.1 Å². The molecule has 226 valence electrons. The lowest BCUT2D eigenvalue weighted by atomic mass is 9.66. The van der Waals surface area contributed by atoms with Gasteiger partial charge < -0.3 is 15.5 Å². The Bertz CT molecular complexity index is 1030. The zero-order valence-electron chi connectivity index (χ0n) is 23.4. The molecule has 0 aliphatic heterocycles. The molecule has 0 heterocycles. The highest BCUT2D eigenvalue weighted by Gasteiger charge is 2.51. The number of rotatable bonds is 8. The summed E-state index contributed by atoms with van der Waals surface area (Å²) < 4.78 is 35.0. The summed E-state index contributed by atoms with van der Waals surface area (Å²) in [6, 6.07) is -0.563. The molecule has 12 heteroatoms. The summed E-state index contributed by atoms with van der Waals surface area (Å²) in [5.41, 5.74) is 0. The van der Waals surface area contributed by atoms with Gasteiger partial charge in [-0.1, -0.05) is 32.1 Å². The lowest BCUT2D eigenvalue weighted by Crippen LogP contribution is -2.55. The maximum atomic E-state index is 12.4. The monoisotopic (exact) mass is 581 g/mol. The molecule has 10 atom stereocenters. The standard InChI is InChI=1S/C28H47N5O6S/c34-26(35)16-29-19-11-10-17-14-25(40(37,38)39)27(28(36)22(17)15-19)33-32-24-13-12-23(20-8-4-5-9-21(20)24)31-30-18-6-2-1-3-7-18/h17-25,27-29,36H,1-16H2,(H,34,35)(H,37,38,39). The van der Waals surface area contributed by atoms with Crippen molar-refractivity contribution in [2.75, 3.05) is 6.54 Å². The first-order chi connectivity index (χ1) is 19.2. The van der Waals surface area contributed by atoms with E-state index >= 15 is 0 Å². The number of hydrogen-bond acceptors (Lipinski definition) is 9. The Kier molecular flexibility index (Phi) is 9.90. The number of aliphatic carboxylic acids is 1. The first-order valence-corrected chi connectivity index (χ1v) is 17.1. The smallest absolute Gasteiger partial charge is 0.317 e. The first kappa shape index (κ1) is 30.0. The molecule has 0 aromatic carbocycles. The van der Waals surface area contributed by atoms with Gasteiger partial charge in [0.15, 0.2) is 0 Å². The van der Waals surface area contributed by atoms with Gasteiger partial charge in [-0.25, -0.2) is 0 Å². The van der Waals surface area contributed by atoms with Crippen molar-refractivity contribution in [3.05, 3.63) is 0 Å². The summed E-state index contributed by atoms with van der Waals surface area (Å²) in [5, 5.41) is 41.2. The number of fused-ring (bicyclic) bond motifs is 2. The summed E-state index contributed by atoms with van der Waals surface area (Å²) in [6.07, 6.45) is 13.3. The minimum absolute atomic E-state index is 0.0465. The molecule has 40 heavy (non-hydrogen) atoms. The van der Waals surface area contributed by atoms with Gasteiger partial charge in [0.25, 0.3) is 10.1 Å². The van der Waals surface area contributed by atoms with Gasteiger partial charge in [0.05, 0.1) is 30.8 Å². The van der Waals surface area contributed by atoms with Crippen LogP contribution in [0.5, 0.6) is 0 Å². The van der Waals surface area contributed by atoms with E-state index in [1.165, 1.54) is 25.7 Å². The average Bonchev–Trinajstić information content (AvgIpc) is 2.94. The molecule has 0 amide bonds. The van der Waals surface area contributed by atoms with Gasteiger partial charge >= 0.3 is 5.97 Å². The first-order valence-electron chi connectivity index (χ1n) is 15.6. The molecule has 4 N–H and O–H groups in total. The second-order valence-corrected chi connectivity index (χ2v) is 14.7. The molecule has 10 unspecified atom stereocenters. The zero-order chi connectivity index (χ0) is 28.3. The normalized spacial score (nSPS) is 41.5. The molecule has 0 bridgehead atoms. The quantitative estimate of drug-likeness (QED) is 0.243. The minimum atomic E-state index is -4.43. The number of nitrogens with zero attached hydrogens (tertiary/aromatic N) is 4. The van der Waals surface area contributed by atoms with Crippen LogP contribution in [0.1, 0.15) is 96.3 Å². The maximum Gasteiger partial charge on any atom is 0.317 e. The van der Waals surface area contributed by atoms with Crippen molar-refractivity contribution in [2.45, 2.75) is 138 Å². The molecule has 5 aliphatic rings. The van der Waals surface area contributed by atoms with Crippen LogP contribution < -0.4 is 5.32 Å². The molecule has 0 spiro atoms. The molecule has 0 aromatic heterocycles. The van der Waals surface area contributed by atoms with Gasteiger partial charge in [-0.05, 0) is 87.9 Å². The third-order valence-corrected chi connectivity index (χ3v) is 11.8. The van der Waals surface area contributed by atoms with Crippen molar-refractivity contribution in [3.63, 3.8) is 0 Å². The van der Waals surface area contributed by atoms with E-state index in [0.717, 1.165) is 44.9 Å². The minimum Gasteiger partial charge on any atom is -0.480 e. The van der Waals surface area contributed by atoms with Crippen LogP contribution in [0.25, 0.3) is 0 Å². The van der Waals surface area contributed by atoms with Gasteiger partial charge in [-0.15, -0.1) is 0 Å². The lowest BCUT2D eigenvalue weighted by Gasteiger charge is -2.46. The Morgan fingerprint density at radius 2 is 1.38 bits per heavy atom. The Labute approximate surface area is 237 Å². The van der Waals surface area contributed by atoms with Gasteiger partial charge in [-0.3, -0.25) is 9.35 Å². The Morgan fingerprint density at radius 3 is 2.00 bits per heavy atom. The highest BCUT2D eigenvalue weighted by Crippen LogP contribution is 2.46. The van der Waals surface area contributed by atoms with Crippen LogP contribution in [0.4, 0.5) is 0 Å². The van der Waals surface area contributed by atoms with Crippen LogP contribution in [0.15, 0.2) is 20.5 Å². The van der Waals surface area contributed by atoms with Crippen molar-refractivity contribution < 1.29 is 28.0 Å². The Hall–Kier alpha value is -1.50. The van der Waals surface area contributed by atoms with Gasteiger partial charge in [0.1, 0.15) is 11.3 Å². The summed E-state index contributed by atoms with van der Waals surface area (Å²) in [6.45, 7) is -0.152. The number of carbonyl (C=O) groups is 1. The molecule has 5 saturated carbocycles. The number of azo groups is 2. The van der Waals surface area contributed by atoms with Crippen LogP contribution in [-0.2, 0) is 14.9 Å². The predicted molar refractivity (Wildman–Crippen MR) is 149 cm³/mol. The molecule has 0 saturated heterocycles. The summed E-state index contributed by atoms with van der Waals surface area (Å²) in [5.74, 6) is -0.505. The van der Waals surface area contributed by atoms with Crippen LogP contribution in [0, 0.1) is 23.7 Å². The molecule has 0 radical (unpaired) electrons. The van der Waals surface area contributed by atoms with Crippen LogP contribution in [0.3, 0.4) is 0 Å². The second-order valence-electron chi connectivity index (χ2n) is 13.1. The van der Waals surface area contributed by atoms with E-state index in [1.807, 2.05) is 0 Å². The summed E-state index contributed by atoms with van der Waals surface area (Å²) >= 11 is 0. The SMILES string of the molecule is O=C(O)CNC1CCC2CC(S(=O)(=O)O)C(N=NC3CCC(N=NC4CCCCC4)C4CCCCC34)C(O)C2C1. The topological polar surface area (TPSA) is 173 Å². The lowest BCUT2D eigenvalue weighted by molar-refractivity contribution is -0.136. The highest BCUT2D eigenvalue weighted by atomic mass is 32.2. The number of aliphatic hydroxyl groups is 1. The van der Waals surface area contributed by atoms with E-state index in [2.05, 4.69) is 10.4 Å². The third kappa shape index (κ3) is 7.10. The Morgan fingerprint density at radius 1 is 0.750 bits per heavy atom. The van der Waals surface area contributed by atoms with Crippen LogP contribution in [-0.4, -0.2) is 77.3 Å². The van der Waals surface area contributed by atoms with E-state index in [4.69, 9.17) is 20.4 Å². The van der Waals surface area contributed by atoms with Gasteiger partial charge in [-0.2, -0.15) is 28.9 Å². The fourth-order valence-corrected chi connectivity index (χ4v) is 9.54. The van der Waals surface area contributed by atoms with E-state index in [1.54, 1.807) is 0 Å². The zero-order valence-corrected chi connectivity index (χ0v) is 24.2. The second kappa shape index (κ2) is 13.2. The maximum absolute atomic E-state index is 12.4. The van der Waals surface area contributed by atoms with E-state index in [9.17, 15) is 22.9 Å². The highest BCUT2D eigenvalue weighted by molar-refractivity contribution is 7.86. The number of hydrogen-bond donors (Lipinski definition) is 4. The van der Waals surface area contributed by atoms with Crippen molar-refractivity contribution in [1.82, 2.24) is 5.32 Å². The van der Waals surface area contributed by atoms with Crippen LogP contribution >= 0.6 is 0 Å². The molecule has 0 aromatic rings. The number of carboxylic acid groups (broad SMARTS) is 1. The number of aliphatic hydroxyl groups excluding tert-OH is 1. The van der Waals surface area contributed by atoms with Crippen molar-refractivity contribution in [1.29, 1.82) is 0 Å². The molecular weight excluding hydrogens is 534 g/mol. The average molecular weight is 582 g/mol. The summed E-state index contributed by atoms with van der Waals surface area (Å²) in [4.78, 5) is 11.0. The van der Waals surface area contributed by atoms with Crippen molar-refractivity contribution in [2.24, 2.45) is 44.1 Å². The number of carboxylic acids is 1. The molecule has 11 nitrogen and oxygen atoms in total. The van der Waals surface area contributed by atoms with Crippen molar-refractivity contribution in [3.8, 4) is 0 Å². The molecule has 5 aliphatic carbocycles. The third-order valence-electron chi connectivity index (χ3n) is 10.6. The van der Waals surface area contributed by atoms with Gasteiger partial charge in [0, 0.05) is 6.04 Å². The molecular formula is C28H47N5O6S. The van der Waals surface area contributed by atoms with Crippen molar-refractivity contribution >= 4 is 16.1 Å². The van der Waals surface area contributed by atoms with E-state index < -0.39 is 33.5 Å². The van der Waals surface area contributed by atoms with Crippen LogP contribution in [0.2, 0.25) is 0 Å². The van der Waals surface area contributed by atoms with E-state index in [-0.39, 0.29) is 42.9 Å². The van der Waals surface area contributed by atoms with Gasteiger partial charge in [0.2, 0.25) is 0 Å². The number of nitrogens with one attached hydrogen (secondary N) is 1. The molecule has 5 fully saturated rings. The predicted octanol–water partition coefficient (Wildman–Crippen LogP) is 4.41. The Balaban J connectivity index is 1.28.